The third-order valence-corrected chi connectivity index (χ3v) is 3.36. The molecule has 0 aliphatic rings. The molecule has 0 saturated carbocycles. The summed E-state index contributed by atoms with van der Waals surface area (Å²) in [5, 5.41) is 18.7. The average Bonchev–Trinajstić information content (AvgIpc) is 2.62. The van der Waals surface area contributed by atoms with Crippen molar-refractivity contribution in [3.8, 4) is 0 Å². The van der Waals surface area contributed by atoms with E-state index in [2.05, 4.69) is 15.2 Å². The van der Waals surface area contributed by atoms with Crippen molar-refractivity contribution in [1.29, 1.82) is 0 Å². The first-order valence-electron chi connectivity index (χ1n) is 4.81. The lowest BCUT2D eigenvalue weighted by atomic mass is 10.3. The lowest BCUT2D eigenvalue weighted by molar-refractivity contribution is 0.278. The molecule has 84 valence electrons. The number of pyridine rings is 1. The van der Waals surface area contributed by atoms with Gasteiger partial charge in [0.2, 0.25) is 0 Å². The molecule has 0 radical (unpaired) electrons. The molecule has 0 unspecified atom stereocenters. The van der Waals surface area contributed by atoms with Crippen molar-refractivity contribution in [2.45, 2.75) is 23.7 Å². The van der Waals surface area contributed by atoms with Gasteiger partial charge >= 0.3 is 0 Å². The molecular weight excluding hydrogens is 224 g/mol. The highest BCUT2D eigenvalue weighted by atomic mass is 32.2. The quantitative estimate of drug-likeness (QED) is 0.866. The van der Waals surface area contributed by atoms with Crippen LogP contribution in [-0.4, -0.2) is 24.9 Å². The summed E-state index contributed by atoms with van der Waals surface area (Å²) in [6.45, 7) is 1.87. The Morgan fingerprint density at radius 2 is 2.25 bits per heavy atom. The van der Waals surface area contributed by atoms with Gasteiger partial charge in [0.05, 0.1) is 6.61 Å². The van der Waals surface area contributed by atoms with Crippen molar-refractivity contribution >= 4 is 11.8 Å². The van der Waals surface area contributed by atoms with Gasteiger partial charge in [0, 0.05) is 18.8 Å². The summed E-state index contributed by atoms with van der Waals surface area (Å²) in [7, 11) is 1.90. The number of aromatic nitrogens is 4. The van der Waals surface area contributed by atoms with Crippen LogP contribution in [0.3, 0.4) is 0 Å². The zero-order valence-electron chi connectivity index (χ0n) is 9.08. The van der Waals surface area contributed by atoms with Crippen LogP contribution in [0.4, 0.5) is 0 Å². The molecule has 0 spiro atoms. The molecule has 2 heterocycles. The molecule has 0 atom stereocenters. The smallest absolute Gasteiger partial charge is 0.197 e. The second-order valence-corrected chi connectivity index (χ2v) is 4.27. The summed E-state index contributed by atoms with van der Waals surface area (Å²) >= 11 is 1.40. The van der Waals surface area contributed by atoms with Crippen LogP contribution in [0.2, 0.25) is 0 Å². The molecule has 0 aliphatic heterocycles. The molecule has 16 heavy (non-hydrogen) atoms. The van der Waals surface area contributed by atoms with Crippen molar-refractivity contribution < 1.29 is 5.11 Å². The normalized spacial score (nSPS) is 10.7. The Bertz CT molecular complexity index is 497. The maximum Gasteiger partial charge on any atom is 0.197 e. The van der Waals surface area contributed by atoms with E-state index >= 15 is 0 Å². The largest absolute Gasteiger partial charge is 0.392 e. The third-order valence-electron chi connectivity index (χ3n) is 2.26. The lowest BCUT2D eigenvalue weighted by Gasteiger charge is -2.04. The number of nitrogens with zero attached hydrogens (tertiary/aromatic N) is 4. The first-order valence-corrected chi connectivity index (χ1v) is 5.62. The van der Waals surface area contributed by atoms with Crippen LogP contribution in [0.15, 0.2) is 28.5 Å². The second kappa shape index (κ2) is 4.63. The van der Waals surface area contributed by atoms with Crippen LogP contribution in [0.1, 0.15) is 11.4 Å². The standard InChI is InChI=1S/C10H12N4OS/c1-7-12-13-10(14(7)2)16-9-8(6-15)4-3-5-11-9/h3-5,15H,6H2,1-2H3. The number of aliphatic hydroxyl groups excluding tert-OH is 1. The number of aliphatic hydroxyl groups is 1. The van der Waals surface area contributed by atoms with Crippen LogP contribution < -0.4 is 0 Å². The highest BCUT2D eigenvalue weighted by Gasteiger charge is 2.10. The molecule has 5 nitrogen and oxygen atoms in total. The molecule has 2 aromatic rings. The summed E-state index contributed by atoms with van der Waals surface area (Å²) in [4.78, 5) is 4.22. The van der Waals surface area contributed by atoms with Gasteiger partial charge in [-0.3, -0.25) is 0 Å². The molecule has 0 aliphatic carbocycles. The van der Waals surface area contributed by atoms with E-state index in [0.717, 1.165) is 21.6 Å². The van der Waals surface area contributed by atoms with Crippen molar-refractivity contribution in [3.05, 3.63) is 29.7 Å². The van der Waals surface area contributed by atoms with Crippen molar-refractivity contribution in [1.82, 2.24) is 19.7 Å². The molecule has 0 aromatic carbocycles. The first kappa shape index (κ1) is 11.1. The van der Waals surface area contributed by atoms with E-state index in [1.54, 1.807) is 12.3 Å². The Balaban J connectivity index is 2.30. The molecule has 0 saturated heterocycles. The molecule has 6 heteroatoms. The van der Waals surface area contributed by atoms with Crippen LogP contribution in [-0.2, 0) is 13.7 Å². The van der Waals surface area contributed by atoms with Gasteiger partial charge in [0.25, 0.3) is 0 Å². The fraction of sp³-hybridized carbons (Fsp3) is 0.300. The maximum absolute atomic E-state index is 9.17. The van der Waals surface area contributed by atoms with Gasteiger partial charge < -0.3 is 9.67 Å². The number of hydrogen-bond acceptors (Lipinski definition) is 5. The Labute approximate surface area is 97.5 Å². The Hall–Kier alpha value is -1.40. The summed E-state index contributed by atoms with van der Waals surface area (Å²) in [6, 6.07) is 3.65. The summed E-state index contributed by atoms with van der Waals surface area (Å²) in [6.07, 6.45) is 1.70. The minimum atomic E-state index is -0.0208. The second-order valence-electron chi connectivity index (χ2n) is 3.32. The van der Waals surface area contributed by atoms with Gasteiger partial charge in [-0.15, -0.1) is 10.2 Å². The summed E-state index contributed by atoms with van der Waals surface area (Å²) < 4.78 is 1.89. The van der Waals surface area contributed by atoms with Gasteiger partial charge in [0.1, 0.15) is 10.9 Å². The summed E-state index contributed by atoms with van der Waals surface area (Å²) in [5.41, 5.74) is 0.799. The Morgan fingerprint density at radius 3 is 2.88 bits per heavy atom. The van der Waals surface area contributed by atoms with Gasteiger partial charge in [-0.2, -0.15) is 0 Å². The van der Waals surface area contributed by atoms with Crippen molar-refractivity contribution in [2.24, 2.45) is 7.05 Å². The minimum Gasteiger partial charge on any atom is -0.392 e. The molecular formula is C10H12N4OS. The Kier molecular flexibility index (Phi) is 3.21. The molecule has 2 aromatic heterocycles. The van der Waals surface area contributed by atoms with Gasteiger partial charge in [0.15, 0.2) is 5.16 Å². The maximum atomic E-state index is 9.17. The summed E-state index contributed by atoms with van der Waals surface area (Å²) in [5.74, 6) is 0.851. The monoisotopic (exact) mass is 236 g/mol. The van der Waals surface area contributed by atoms with Gasteiger partial charge in [-0.1, -0.05) is 6.07 Å². The van der Waals surface area contributed by atoms with E-state index < -0.39 is 0 Å². The van der Waals surface area contributed by atoms with E-state index in [1.165, 1.54) is 11.8 Å². The first-order chi connectivity index (χ1) is 7.72. The van der Waals surface area contributed by atoms with Crippen LogP contribution >= 0.6 is 11.8 Å². The highest BCUT2D eigenvalue weighted by molar-refractivity contribution is 7.99. The van der Waals surface area contributed by atoms with Crippen molar-refractivity contribution in [2.75, 3.05) is 0 Å². The predicted octanol–water partition coefficient (Wildman–Crippen LogP) is 1.16. The van der Waals surface area contributed by atoms with E-state index in [9.17, 15) is 5.11 Å². The Morgan fingerprint density at radius 1 is 1.44 bits per heavy atom. The number of rotatable bonds is 3. The van der Waals surface area contributed by atoms with E-state index in [0.29, 0.717) is 0 Å². The number of hydrogen-bond donors (Lipinski definition) is 1. The average molecular weight is 236 g/mol. The van der Waals surface area contributed by atoms with Gasteiger partial charge in [-0.25, -0.2) is 4.98 Å². The van der Waals surface area contributed by atoms with Crippen LogP contribution in [0.25, 0.3) is 0 Å². The zero-order chi connectivity index (χ0) is 11.5. The van der Waals surface area contributed by atoms with Gasteiger partial charge in [-0.05, 0) is 24.8 Å². The fourth-order valence-corrected chi connectivity index (χ4v) is 2.10. The van der Waals surface area contributed by atoms with E-state index in [1.807, 2.05) is 24.6 Å². The molecule has 2 rings (SSSR count). The number of aryl methyl sites for hydroxylation is 1. The van der Waals surface area contributed by atoms with Crippen LogP contribution in [0, 0.1) is 6.92 Å². The topological polar surface area (TPSA) is 63.8 Å². The highest BCUT2D eigenvalue weighted by Crippen LogP contribution is 2.26. The molecule has 0 amide bonds. The third kappa shape index (κ3) is 2.07. The van der Waals surface area contributed by atoms with Crippen LogP contribution in [0.5, 0.6) is 0 Å². The van der Waals surface area contributed by atoms with Crippen molar-refractivity contribution in [3.63, 3.8) is 0 Å². The molecule has 1 N–H and O–H groups in total. The predicted molar refractivity (Wildman–Crippen MR) is 60.0 cm³/mol. The lowest BCUT2D eigenvalue weighted by Crippen LogP contribution is -1.96. The molecule has 0 fully saturated rings. The SMILES string of the molecule is Cc1nnc(Sc2ncccc2CO)n1C. The molecule has 0 bridgehead atoms. The van der Waals surface area contributed by atoms with E-state index in [4.69, 9.17) is 0 Å². The zero-order valence-corrected chi connectivity index (χ0v) is 9.90. The minimum absolute atomic E-state index is 0.0208. The fourth-order valence-electron chi connectivity index (χ4n) is 1.20. The van der Waals surface area contributed by atoms with E-state index in [-0.39, 0.29) is 6.61 Å².